The van der Waals surface area contributed by atoms with Gasteiger partial charge in [-0.1, -0.05) is 0 Å². The summed E-state index contributed by atoms with van der Waals surface area (Å²) in [6.45, 7) is 1.31. The molecule has 8 heteroatoms. The van der Waals surface area contributed by atoms with Crippen LogP contribution in [0, 0.1) is 6.92 Å². The second kappa shape index (κ2) is 4.48. The fourth-order valence-electron chi connectivity index (χ4n) is 1.13. The molecular weight excluding hydrogens is 243 g/mol. The first-order valence-electron chi connectivity index (χ1n) is 4.36. The average Bonchev–Trinajstić information content (AvgIpc) is 2.09. The minimum absolute atomic E-state index is 0.0514. The molecule has 1 heterocycles. The van der Waals surface area contributed by atoms with Crippen LogP contribution in [0.4, 0.5) is 13.2 Å². The van der Waals surface area contributed by atoms with Crippen molar-refractivity contribution in [2.75, 3.05) is 0 Å². The van der Waals surface area contributed by atoms with Gasteiger partial charge in [0.05, 0.1) is 12.1 Å². The molecule has 0 saturated heterocycles. The van der Waals surface area contributed by atoms with Gasteiger partial charge < -0.3 is 14.9 Å². The lowest BCUT2D eigenvalue weighted by Crippen LogP contribution is -2.18. The van der Waals surface area contributed by atoms with Crippen LogP contribution in [0.25, 0.3) is 0 Å². The van der Waals surface area contributed by atoms with Gasteiger partial charge in [0.25, 0.3) is 5.88 Å². The Morgan fingerprint density at radius 3 is 2.59 bits per heavy atom. The number of hydrogen-bond acceptors (Lipinski definition) is 4. The van der Waals surface area contributed by atoms with Crippen LogP contribution in [0.5, 0.6) is 11.6 Å². The van der Waals surface area contributed by atoms with E-state index in [4.69, 9.17) is 5.11 Å². The van der Waals surface area contributed by atoms with Crippen molar-refractivity contribution in [1.29, 1.82) is 0 Å². The van der Waals surface area contributed by atoms with E-state index in [1.807, 2.05) is 0 Å². The van der Waals surface area contributed by atoms with E-state index < -0.39 is 30.4 Å². The van der Waals surface area contributed by atoms with Crippen LogP contribution in [-0.4, -0.2) is 27.5 Å². The van der Waals surface area contributed by atoms with E-state index in [0.29, 0.717) is 0 Å². The molecule has 0 aliphatic heterocycles. The number of aliphatic carboxylic acids is 1. The molecule has 1 aromatic heterocycles. The normalized spacial score (nSPS) is 11.3. The molecule has 0 radical (unpaired) electrons. The van der Waals surface area contributed by atoms with Crippen molar-refractivity contribution < 1.29 is 32.9 Å². The second-order valence-corrected chi connectivity index (χ2v) is 3.20. The van der Waals surface area contributed by atoms with Crippen LogP contribution < -0.4 is 4.74 Å². The Balaban J connectivity index is 3.11. The van der Waals surface area contributed by atoms with E-state index in [2.05, 4.69) is 9.72 Å². The highest BCUT2D eigenvalue weighted by molar-refractivity contribution is 5.69. The minimum atomic E-state index is -5.00. The predicted octanol–water partition coefficient (Wildman–Crippen LogP) is 1.62. The fraction of sp³-hybridized carbons (Fsp3) is 0.333. The summed E-state index contributed by atoms with van der Waals surface area (Å²) >= 11 is 0. The van der Waals surface area contributed by atoms with Crippen molar-refractivity contribution in [2.45, 2.75) is 19.7 Å². The van der Waals surface area contributed by atoms with E-state index in [-0.39, 0.29) is 11.3 Å². The Labute approximate surface area is 93.5 Å². The molecule has 2 N–H and O–H groups in total. The number of aryl methyl sites for hydroxylation is 1. The number of halogens is 3. The molecule has 0 aliphatic carbocycles. The smallest absolute Gasteiger partial charge is 0.503 e. The van der Waals surface area contributed by atoms with E-state index in [1.165, 1.54) is 13.0 Å². The molecule has 0 spiro atoms. The highest BCUT2D eigenvalue weighted by Crippen LogP contribution is 2.32. The van der Waals surface area contributed by atoms with Crippen LogP contribution in [0.2, 0.25) is 0 Å². The number of hydrogen-bond donors (Lipinski definition) is 2. The zero-order valence-corrected chi connectivity index (χ0v) is 8.58. The van der Waals surface area contributed by atoms with Crippen molar-refractivity contribution in [1.82, 2.24) is 4.98 Å². The zero-order chi connectivity index (χ0) is 13.2. The topological polar surface area (TPSA) is 79.7 Å². The van der Waals surface area contributed by atoms with E-state index in [0.717, 1.165) is 0 Å². The third-order valence-corrected chi connectivity index (χ3v) is 1.75. The average molecular weight is 251 g/mol. The fourth-order valence-corrected chi connectivity index (χ4v) is 1.13. The summed E-state index contributed by atoms with van der Waals surface area (Å²) in [4.78, 5) is 13.7. The number of nitrogens with zero attached hydrogens (tertiary/aromatic N) is 1. The molecule has 0 fully saturated rings. The highest BCUT2D eigenvalue weighted by atomic mass is 19.4. The van der Waals surface area contributed by atoms with Crippen LogP contribution in [-0.2, 0) is 11.2 Å². The molecule has 0 saturated carbocycles. The molecule has 0 aromatic carbocycles. The van der Waals surface area contributed by atoms with Crippen LogP contribution in [0.1, 0.15) is 11.3 Å². The second-order valence-electron chi connectivity index (χ2n) is 3.20. The molecule has 0 bridgehead atoms. The zero-order valence-electron chi connectivity index (χ0n) is 8.58. The van der Waals surface area contributed by atoms with Gasteiger partial charge in [0.2, 0.25) is 0 Å². The lowest BCUT2D eigenvalue weighted by Gasteiger charge is -2.11. The van der Waals surface area contributed by atoms with Crippen molar-refractivity contribution in [3.63, 3.8) is 0 Å². The molecule has 0 aliphatic rings. The van der Waals surface area contributed by atoms with Gasteiger partial charge in [-0.3, -0.25) is 4.79 Å². The van der Waals surface area contributed by atoms with Gasteiger partial charge in [-0.15, -0.1) is 13.2 Å². The van der Waals surface area contributed by atoms with Crippen LogP contribution in [0.3, 0.4) is 0 Å². The Morgan fingerprint density at radius 2 is 2.12 bits per heavy atom. The molecule has 0 atom stereocenters. The largest absolute Gasteiger partial charge is 0.574 e. The summed E-state index contributed by atoms with van der Waals surface area (Å²) in [6, 6.07) is 1.17. The molecule has 0 amide bonds. The van der Waals surface area contributed by atoms with Crippen LogP contribution in [0.15, 0.2) is 6.07 Å². The van der Waals surface area contributed by atoms with Crippen LogP contribution >= 0.6 is 0 Å². The first kappa shape index (κ1) is 13.1. The molecule has 17 heavy (non-hydrogen) atoms. The quantitative estimate of drug-likeness (QED) is 0.853. The molecule has 94 valence electrons. The number of aromatic nitrogens is 1. The molecule has 5 nitrogen and oxygen atoms in total. The first-order chi connectivity index (χ1) is 7.69. The number of ether oxygens (including phenoxy) is 1. The monoisotopic (exact) mass is 251 g/mol. The van der Waals surface area contributed by atoms with Crippen molar-refractivity contribution in [2.24, 2.45) is 0 Å². The lowest BCUT2D eigenvalue weighted by atomic mass is 10.2. The SMILES string of the molecule is Cc1cc(CC(=O)O)nc(OC(F)(F)F)c1O. The van der Waals surface area contributed by atoms with Crippen molar-refractivity contribution in [3.05, 3.63) is 17.3 Å². The molecule has 1 aromatic rings. The number of carbonyl (C=O) groups is 1. The van der Waals surface area contributed by atoms with Gasteiger partial charge in [0, 0.05) is 0 Å². The van der Waals surface area contributed by atoms with E-state index in [9.17, 15) is 23.1 Å². The minimum Gasteiger partial charge on any atom is -0.503 e. The number of carboxylic acids is 1. The molecule has 0 unspecified atom stereocenters. The van der Waals surface area contributed by atoms with Gasteiger partial charge in [-0.25, -0.2) is 4.98 Å². The summed E-state index contributed by atoms with van der Waals surface area (Å²) < 4.78 is 39.4. The summed E-state index contributed by atoms with van der Waals surface area (Å²) in [6.07, 6.45) is -5.56. The highest BCUT2D eigenvalue weighted by Gasteiger charge is 2.33. The van der Waals surface area contributed by atoms with Crippen molar-refractivity contribution >= 4 is 5.97 Å². The number of pyridine rings is 1. The van der Waals surface area contributed by atoms with Gasteiger partial charge in [-0.05, 0) is 18.6 Å². The van der Waals surface area contributed by atoms with Gasteiger partial charge in [-0.2, -0.15) is 0 Å². The summed E-state index contributed by atoms with van der Waals surface area (Å²) in [5.41, 5.74) is -0.0810. The predicted molar refractivity (Wildman–Crippen MR) is 48.7 cm³/mol. The Hall–Kier alpha value is -1.99. The Kier molecular flexibility index (Phi) is 3.45. The van der Waals surface area contributed by atoms with Gasteiger partial charge in [0.1, 0.15) is 0 Å². The maximum Gasteiger partial charge on any atom is 0.574 e. The first-order valence-corrected chi connectivity index (χ1v) is 4.36. The third kappa shape index (κ3) is 3.82. The summed E-state index contributed by atoms with van der Waals surface area (Å²) in [5.74, 6) is -3.06. The van der Waals surface area contributed by atoms with Gasteiger partial charge >= 0.3 is 12.3 Å². The Bertz CT molecular complexity index is 445. The number of aromatic hydroxyl groups is 1. The summed E-state index contributed by atoms with van der Waals surface area (Å²) in [7, 11) is 0. The van der Waals surface area contributed by atoms with E-state index in [1.54, 1.807) is 0 Å². The summed E-state index contributed by atoms with van der Waals surface area (Å²) in [5, 5.41) is 17.8. The van der Waals surface area contributed by atoms with Gasteiger partial charge in [0.15, 0.2) is 5.75 Å². The Morgan fingerprint density at radius 1 is 1.53 bits per heavy atom. The lowest BCUT2D eigenvalue weighted by molar-refractivity contribution is -0.276. The van der Waals surface area contributed by atoms with Crippen molar-refractivity contribution in [3.8, 4) is 11.6 Å². The maximum atomic E-state index is 12.0. The third-order valence-electron chi connectivity index (χ3n) is 1.75. The number of carboxylic acid groups (broad SMARTS) is 1. The maximum absolute atomic E-state index is 12.0. The van der Waals surface area contributed by atoms with E-state index >= 15 is 0 Å². The molecular formula is C9H8F3NO4. The number of rotatable bonds is 3. The standard InChI is InChI=1S/C9H8F3NO4/c1-4-2-5(3-6(14)15)13-8(7(4)16)17-9(10,11)12/h2,16H,3H2,1H3,(H,14,15). The number of alkyl halides is 3. The molecule has 1 rings (SSSR count).